The third kappa shape index (κ3) is 3.52. The predicted octanol–water partition coefficient (Wildman–Crippen LogP) is 4.35. The summed E-state index contributed by atoms with van der Waals surface area (Å²) < 4.78 is 0.985. The van der Waals surface area contributed by atoms with Crippen molar-refractivity contribution in [1.82, 2.24) is 4.90 Å². The molecule has 21 heavy (non-hydrogen) atoms. The summed E-state index contributed by atoms with van der Waals surface area (Å²) in [5.41, 5.74) is 2.56. The maximum absolute atomic E-state index is 12.6. The summed E-state index contributed by atoms with van der Waals surface area (Å²) >= 11 is 4.90. The van der Waals surface area contributed by atoms with Crippen LogP contribution in [0.3, 0.4) is 0 Å². The molecule has 0 saturated heterocycles. The zero-order chi connectivity index (χ0) is 15.4. The molecule has 1 heterocycles. The van der Waals surface area contributed by atoms with Crippen LogP contribution in [0.2, 0.25) is 0 Å². The number of hydrogen-bond donors (Lipinski definition) is 0. The Bertz CT molecular complexity index is 683. The Morgan fingerprint density at radius 1 is 1.43 bits per heavy atom. The molecule has 3 nitrogen and oxygen atoms in total. The lowest BCUT2D eigenvalue weighted by atomic mass is 10.1. The van der Waals surface area contributed by atoms with Gasteiger partial charge in [-0.15, -0.1) is 11.3 Å². The summed E-state index contributed by atoms with van der Waals surface area (Å²) in [6.45, 7) is 4.97. The highest BCUT2D eigenvalue weighted by Gasteiger charge is 2.18. The number of amides is 1. The highest BCUT2D eigenvalue weighted by atomic mass is 79.9. The minimum Gasteiger partial charge on any atom is -0.334 e. The molecule has 0 fully saturated rings. The molecule has 1 aromatic heterocycles. The lowest BCUT2D eigenvalue weighted by Gasteiger charge is -2.20. The monoisotopic (exact) mass is 362 g/mol. The van der Waals surface area contributed by atoms with Gasteiger partial charge in [0.2, 0.25) is 0 Å². The van der Waals surface area contributed by atoms with Gasteiger partial charge < -0.3 is 4.90 Å². The first kappa shape index (κ1) is 15.7. The summed E-state index contributed by atoms with van der Waals surface area (Å²) in [4.78, 5) is 15.1. The molecule has 1 aromatic carbocycles. The standard InChI is InChI=1S/C16H15BrN2OS/c1-3-19(10-13-7-5-4-6-12(13)9-18)16(20)14-8-11(2)15(17)21-14/h4-8H,3,10H2,1-2H3. The molecule has 0 aliphatic carbocycles. The highest BCUT2D eigenvalue weighted by Crippen LogP contribution is 2.28. The maximum Gasteiger partial charge on any atom is 0.264 e. The number of thiophene rings is 1. The average Bonchev–Trinajstić information content (AvgIpc) is 2.84. The van der Waals surface area contributed by atoms with Gasteiger partial charge in [-0.25, -0.2) is 0 Å². The van der Waals surface area contributed by atoms with Crippen molar-refractivity contribution < 1.29 is 4.79 Å². The number of benzene rings is 1. The first-order chi connectivity index (χ1) is 10.1. The van der Waals surface area contributed by atoms with Gasteiger partial charge in [-0.3, -0.25) is 4.79 Å². The summed E-state index contributed by atoms with van der Waals surface area (Å²) in [5.74, 6) is 0.00374. The Labute approximate surface area is 136 Å². The van der Waals surface area contributed by atoms with Crippen LogP contribution in [0.25, 0.3) is 0 Å². The van der Waals surface area contributed by atoms with Crippen LogP contribution >= 0.6 is 27.3 Å². The molecule has 5 heteroatoms. The van der Waals surface area contributed by atoms with Crippen molar-refractivity contribution in [2.45, 2.75) is 20.4 Å². The van der Waals surface area contributed by atoms with E-state index in [1.165, 1.54) is 11.3 Å². The Hall–Kier alpha value is -1.64. The summed E-state index contributed by atoms with van der Waals surface area (Å²) in [5, 5.41) is 9.14. The Morgan fingerprint density at radius 3 is 2.71 bits per heavy atom. The fourth-order valence-electron chi connectivity index (χ4n) is 2.02. The van der Waals surface area contributed by atoms with E-state index in [2.05, 4.69) is 22.0 Å². The zero-order valence-corrected chi connectivity index (χ0v) is 14.3. The number of halogens is 1. The van der Waals surface area contributed by atoms with Crippen molar-refractivity contribution >= 4 is 33.2 Å². The zero-order valence-electron chi connectivity index (χ0n) is 11.9. The molecule has 0 saturated carbocycles. The van der Waals surface area contributed by atoms with Crippen molar-refractivity contribution in [3.05, 3.63) is 55.7 Å². The second-order valence-corrected chi connectivity index (χ2v) is 7.03. The maximum atomic E-state index is 12.6. The van der Waals surface area contributed by atoms with Crippen LogP contribution < -0.4 is 0 Å². The number of hydrogen-bond acceptors (Lipinski definition) is 3. The number of carbonyl (C=O) groups excluding carboxylic acids is 1. The fraction of sp³-hybridized carbons (Fsp3) is 0.250. The first-order valence-corrected chi connectivity index (χ1v) is 8.21. The summed E-state index contributed by atoms with van der Waals surface area (Å²) in [7, 11) is 0. The molecule has 0 radical (unpaired) electrons. The average molecular weight is 363 g/mol. The van der Waals surface area contributed by atoms with Gasteiger partial charge in [0, 0.05) is 13.1 Å². The summed E-state index contributed by atoms with van der Waals surface area (Å²) in [6.07, 6.45) is 0. The van der Waals surface area contributed by atoms with Crippen LogP contribution in [0.15, 0.2) is 34.1 Å². The van der Waals surface area contributed by atoms with Crippen molar-refractivity contribution in [2.75, 3.05) is 6.54 Å². The van der Waals surface area contributed by atoms with Crippen molar-refractivity contribution in [2.24, 2.45) is 0 Å². The van der Waals surface area contributed by atoms with E-state index < -0.39 is 0 Å². The lowest BCUT2D eigenvalue weighted by molar-refractivity contribution is 0.0757. The third-order valence-electron chi connectivity index (χ3n) is 3.24. The minimum absolute atomic E-state index is 0.00374. The molecule has 0 atom stereocenters. The van der Waals surface area contributed by atoms with Gasteiger partial charge >= 0.3 is 0 Å². The van der Waals surface area contributed by atoms with Crippen LogP contribution in [0.1, 0.15) is 33.3 Å². The van der Waals surface area contributed by atoms with Gasteiger partial charge in [0.15, 0.2) is 0 Å². The van der Waals surface area contributed by atoms with Crippen molar-refractivity contribution in [1.29, 1.82) is 5.26 Å². The largest absolute Gasteiger partial charge is 0.334 e. The molecule has 1 amide bonds. The predicted molar refractivity (Wildman–Crippen MR) is 88.3 cm³/mol. The van der Waals surface area contributed by atoms with Gasteiger partial charge in [-0.1, -0.05) is 18.2 Å². The minimum atomic E-state index is 0.00374. The van der Waals surface area contributed by atoms with Crippen LogP contribution in [0.4, 0.5) is 0 Å². The molecule has 2 aromatic rings. The van der Waals surface area contributed by atoms with E-state index in [1.807, 2.05) is 38.1 Å². The molecular formula is C16H15BrN2OS. The number of nitriles is 1. The fourth-order valence-corrected chi connectivity index (χ4v) is 3.52. The van der Waals surface area contributed by atoms with Crippen molar-refractivity contribution in [3.63, 3.8) is 0 Å². The molecule has 108 valence electrons. The molecule has 0 aliphatic heterocycles. The van der Waals surface area contributed by atoms with Gasteiger partial charge in [-0.05, 0) is 53.0 Å². The van der Waals surface area contributed by atoms with Gasteiger partial charge in [0.05, 0.1) is 20.3 Å². The highest BCUT2D eigenvalue weighted by molar-refractivity contribution is 9.11. The number of carbonyl (C=O) groups is 1. The van der Waals surface area contributed by atoms with E-state index >= 15 is 0 Å². The van der Waals surface area contributed by atoms with E-state index in [0.29, 0.717) is 18.7 Å². The molecular weight excluding hydrogens is 348 g/mol. The smallest absolute Gasteiger partial charge is 0.264 e. The molecule has 0 unspecified atom stereocenters. The second kappa shape index (κ2) is 6.88. The number of aryl methyl sites for hydroxylation is 1. The van der Waals surface area contributed by atoms with Gasteiger partial charge in [-0.2, -0.15) is 5.26 Å². The number of nitrogens with zero attached hydrogens (tertiary/aromatic N) is 2. The molecule has 2 rings (SSSR count). The topological polar surface area (TPSA) is 44.1 Å². The van der Waals surface area contributed by atoms with Gasteiger partial charge in [0.1, 0.15) is 0 Å². The van der Waals surface area contributed by atoms with Gasteiger partial charge in [0.25, 0.3) is 5.91 Å². The first-order valence-electron chi connectivity index (χ1n) is 6.60. The van der Waals surface area contributed by atoms with Crippen molar-refractivity contribution in [3.8, 4) is 6.07 Å². The Morgan fingerprint density at radius 2 is 2.14 bits per heavy atom. The van der Waals surface area contributed by atoms with Crippen LogP contribution in [0.5, 0.6) is 0 Å². The molecule has 0 N–H and O–H groups in total. The van der Waals surface area contributed by atoms with Crippen LogP contribution in [-0.4, -0.2) is 17.4 Å². The second-order valence-electron chi connectivity index (χ2n) is 4.66. The third-order valence-corrected chi connectivity index (χ3v) is 5.36. The van der Waals surface area contributed by atoms with E-state index in [1.54, 1.807) is 11.0 Å². The Kier molecular flexibility index (Phi) is 5.16. The SMILES string of the molecule is CCN(Cc1ccccc1C#N)C(=O)c1cc(C)c(Br)s1. The van der Waals surface area contributed by atoms with Crippen LogP contribution in [0, 0.1) is 18.3 Å². The van der Waals surface area contributed by atoms with Crippen LogP contribution in [-0.2, 0) is 6.54 Å². The quantitative estimate of drug-likeness (QED) is 0.811. The number of rotatable bonds is 4. The molecule has 0 spiro atoms. The van der Waals surface area contributed by atoms with E-state index in [0.717, 1.165) is 19.8 Å². The molecule has 0 bridgehead atoms. The normalized spacial score (nSPS) is 10.2. The van der Waals surface area contributed by atoms with E-state index in [9.17, 15) is 4.79 Å². The van der Waals surface area contributed by atoms with E-state index in [-0.39, 0.29) is 5.91 Å². The Balaban J connectivity index is 2.24. The lowest BCUT2D eigenvalue weighted by Crippen LogP contribution is -2.30. The summed E-state index contributed by atoms with van der Waals surface area (Å²) in [6, 6.07) is 11.5. The van der Waals surface area contributed by atoms with E-state index in [4.69, 9.17) is 5.26 Å². The molecule has 0 aliphatic rings.